The lowest BCUT2D eigenvalue weighted by Gasteiger charge is -2.47. The number of fused-ring (bicyclic) bond motifs is 1. The van der Waals surface area contributed by atoms with Gasteiger partial charge in [-0.05, 0) is 54.0 Å². The van der Waals surface area contributed by atoms with Crippen LogP contribution in [0.2, 0.25) is 0 Å². The molecule has 0 saturated carbocycles. The summed E-state index contributed by atoms with van der Waals surface area (Å²) >= 11 is 1.49. The molecular weight excluding hydrogens is 548 g/mol. The third kappa shape index (κ3) is 5.18. The highest BCUT2D eigenvalue weighted by Gasteiger charge is 2.60. The first-order valence-corrected chi connectivity index (χ1v) is 15.5. The summed E-state index contributed by atoms with van der Waals surface area (Å²) in [6.45, 7) is 8.17. The molecule has 3 N–H and O–H groups in total. The zero-order valence-corrected chi connectivity index (χ0v) is 24.3. The number of aliphatic carboxylic acids is 1. The maximum Gasteiger partial charge on any atom is 0.353 e. The second-order valence-electron chi connectivity index (χ2n) is 12.4. The number of rotatable bonds is 9. The monoisotopic (exact) mass is 586 g/mol. The molecule has 5 aliphatic heterocycles. The van der Waals surface area contributed by atoms with Crippen LogP contribution in [0.1, 0.15) is 46.0 Å². The Morgan fingerprint density at radius 2 is 2.02 bits per heavy atom. The molecule has 1 aromatic rings. The Bertz CT molecular complexity index is 1240. The van der Waals surface area contributed by atoms with Gasteiger partial charge in [0.15, 0.2) is 5.78 Å². The number of thioether (sulfide) groups is 1. The number of nitrogens with zero attached hydrogens (tertiary/aromatic N) is 6. The van der Waals surface area contributed by atoms with Crippen LogP contribution in [-0.4, -0.2) is 109 Å². The molecule has 41 heavy (non-hydrogen) atoms. The first-order valence-electron chi connectivity index (χ1n) is 14.6. The number of piperidine rings is 1. The number of amides is 2. The standard InChI is InChI=1S/C27H38N8O5S/c1-15(9-17(36)12-34-14-30-31-32-34)20-21-16(2)23(22(26(39)40)35(21)25(20)38)41-18-10-19(29-11-18)24(37)33-7-4-27(5-8-33)3-6-28-13-27/h14-16,18-21,28-29H,3-13H2,1-2H3,(H,39,40)/t15-,16+,18-,19?,20+,21+/m0/s1. The summed E-state index contributed by atoms with van der Waals surface area (Å²) in [6.07, 6.45) is 5.44. The Morgan fingerprint density at radius 1 is 1.24 bits per heavy atom. The molecule has 6 atom stereocenters. The number of β-lactam (4-membered cyclic amide) rings is 1. The van der Waals surface area contributed by atoms with Crippen molar-refractivity contribution >= 4 is 35.3 Å². The Labute approximate surface area is 242 Å². The van der Waals surface area contributed by atoms with E-state index in [9.17, 15) is 24.3 Å². The van der Waals surface area contributed by atoms with Gasteiger partial charge in [0.1, 0.15) is 18.6 Å². The van der Waals surface area contributed by atoms with E-state index >= 15 is 0 Å². The summed E-state index contributed by atoms with van der Waals surface area (Å²) in [6, 6.07) is -0.559. The zero-order chi connectivity index (χ0) is 28.9. The van der Waals surface area contributed by atoms with Crippen LogP contribution < -0.4 is 10.6 Å². The second-order valence-corrected chi connectivity index (χ2v) is 13.8. The SMILES string of the molecule is C[C@@H](CC(=O)Cn1cnnn1)[C@H]1C(=O)N2C(C(=O)O)=C(S[C@@H]3CNC(C(=O)N4CCC5(CCNC5)CC4)C3)[C@H](C)[C@H]12. The molecule has 1 spiro atoms. The molecule has 0 aliphatic carbocycles. The van der Waals surface area contributed by atoms with E-state index in [2.05, 4.69) is 26.2 Å². The van der Waals surface area contributed by atoms with Gasteiger partial charge in [-0.25, -0.2) is 9.48 Å². The van der Waals surface area contributed by atoms with Gasteiger partial charge in [-0.1, -0.05) is 13.8 Å². The summed E-state index contributed by atoms with van der Waals surface area (Å²) in [4.78, 5) is 55.6. The maximum atomic E-state index is 13.3. The minimum absolute atomic E-state index is 0.0337. The van der Waals surface area contributed by atoms with E-state index in [0.29, 0.717) is 23.3 Å². The summed E-state index contributed by atoms with van der Waals surface area (Å²) in [5.41, 5.74) is 0.405. The zero-order valence-electron chi connectivity index (χ0n) is 23.5. The number of ketones is 1. The van der Waals surface area contributed by atoms with Crippen molar-refractivity contribution in [1.82, 2.24) is 40.6 Å². The van der Waals surface area contributed by atoms with Crippen molar-refractivity contribution in [3.8, 4) is 0 Å². The van der Waals surface area contributed by atoms with Gasteiger partial charge in [0.05, 0.1) is 18.0 Å². The van der Waals surface area contributed by atoms with Crippen LogP contribution in [-0.2, 0) is 25.7 Å². The molecule has 4 fully saturated rings. The number of tetrazole rings is 1. The third-order valence-electron chi connectivity index (χ3n) is 9.83. The van der Waals surface area contributed by atoms with Crippen LogP contribution in [0.25, 0.3) is 0 Å². The largest absolute Gasteiger partial charge is 0.477 e. The van der Waals surface area contributed by atoms with Gasteiger partial charge in [0, 0.05) is 48.7 Å². The van der Waals surface area contributed by atoms with Crippen LogP contribution in [0.4, 0.5) is 0 Å². The van der Waals surface area contributed by atoms with E-state index in [1.165, 1.54) is 34.1 Å². The molecule has 14 heteroatoms. The molecule has 0 radical (unpaired) electrons. The quantitative estimate of drug-likeness (QED) is 0.337. The Morgan fingerprint density at radius 3 is 2.68 bits per heavy atom. The highest BCUT2D eigenvalue weighted by atomic mass is 32.2. The first-order chi connectivity index (χ1) is 19.7. The molecule has 1 aromatic heterocycles. The minimum Gasteiger partial charge on any atom is -0.477 e. The summed E-state index contributed by atoms with van der Waals surface area (Å²) < 4.78 is 1.35. The average molecular weight is 587 g/mol. The molecule has 0 aromatic carbocycles. The third-order valence-corrected chi connectivity index (χ3v) is 11.3. The number of likely N-dealkylation sites (tertiary alicyclic amines) is 1. The second kappa shape index (κ2) is 11.1. The topological polar surface area (TPSA) is 163 Å². The Balaban J connectivity index is 1.07. The fourth-order valence-electron chi connectivity index (χ4n) is 7.56. The van der Waals surface area contributed by atoms with Crippen LogP contribution in [0.15, 0.2) is 16.9 Å². The molecular formula is C27H38N8O5S. The highest BCUT2D eigenvalue weighted by molar-refractivity contribution is 8.03. The van der Waals surface area contributed by atoms with Crippen LogP contribution in [0.3, 0.4) is 0 Å². The minimum atomic E-state index is -1.11. The predicted octanol–water partition coefficient (Wildman–Crippen LogP) is 0.107. The van der Waals surface area contributed by atoms with Gasteiger partial charge in [-0.2, -0.15) is 0 Å². The maximum absolute atomic E-state index is 13.3. The summed E-state index contributed by atoms with van der Waals surface area (Å²) in [7, 11) is 0. The summed E-state index contributed by atoms with van der Waals surface area (Å²) in [5, 5.41) is 27.8. The van der Waals surface area contributed by atoms with E-state index in [1.807, 2.05) is 18.7 Å². The lowest BCUT2D eigenvalue weighted by atomic mass is 9.73. The van der Waals surface area contributed by atoms with E-state index < -0.39 is 11.9 Å². The number of carboxylic acids is 1. The number of carboxylic acid groups (broad SMARTS) is 1. The number of carbonyl (C=O) groups excluding carboxylic acids is 3. The van der Waals surface area contributed by atoms with Gasteiger partial charge in [0.2, 0.25) is 11.8 Å². The van der Waals surface area contributed by atoms with Crippen molar-refractivity contribution in [2.75, 3.05) is 32.7 Å². The van der Waals surface area contributed by atoms with E-state index in [4.69, 9.17) is 0 Å². The molecule has 6 rings (SSSR count). The van der Waals surface area contributed by atoms with Crippen molar-refractivity contribution in [1.29, 1.82) is 0 Å². The van der Waals surface area contributed by atoms with Crippen LogP contribution in [0.5, 0.6) is 0 Å². The van der Waals surface area contributed by atoms with Crippen LogP contribution >= 0.6 is 11.8 Å². The number of aromatic nitrogens is 4. The molecule has 13 nitrogen and oxygen atoms in total. The van der Waals surface area contributed by atoms with Gasteiger partial charge >= 0.3 is 5.97 Å². The van der Waals surface area contributed by atoms with Crippen LogP contribution in [0, 0.1) is 23.2 Å². The fourth-order valence-corrected chi connectivity index (χ4v) is 9.03. The van der Waals surface area contributed by atoms with Gasteiger partial charge in [0.25, 0.3) is 0 Å². The normalized spacial score (nSPS) is 31.5. The number of hydrogen-bond donors (Lipinski definition) is 3. The molecule has 5 aliphatic rings. The van der Waals surface area contributed by atoms with Gasteiger partial charge < -0.3 is 25.5 Å². The molecule has 6 heterocycles. The van der Waals surface area contributed by atoms with E-state index in [1.54, 1.807) is 0 Å². The predicted molar refractivity (Wildman–Crippen MR) is 148 cm³/mol. The molecule has 4 saturated heterocycles. The highest BCUT2D eigenvalue weighted by Crippen LogP contribution is 2.53. The van der Waals surface area contributed by atoms with Crippen molar-refractivity contribution in [3.63, 3.8) is 0 Å². The number of nitrogens with one attached hydrogen (secondary N) is 2. The molecule has 0 bridgehead atoms. The van der Waals surface area contributed by atoms with Gasteiger partial charge in [-0.3, -0.25) is 14.4 Å². The average Bonchev–Trinajstić information content (AvgIpc) is 3.74. The Hall–Kier alpha value is -2.84. The van der Waals surface area contributed by atoms with Crippen molar-refractivity contribution in [3.05, 3.63) is 16.9 Å². The lowest BCUT2D eigenvalue weighted by molar-refractivity contribution is -0.160. The van der Waals surface area contributed by atoms with Crippen molar-refractivity contribution in [2.24, 2.45) is 23.2 Å². The lowest BCUT2D eigenvalue weighted by Crippen LogP contribution is -2.62. The Kier molecular flexibility index (Phi) is 7.66. The molecule has 222 valence electrons. The number of Topliss-reactive ketones (excluding diaryl/α,β-unsaturated/α-hetero) is 1. The molecule has 1 unspecified atom stereocenters. The number of hydrogen-bond acceptors (Lipinski definition) is 10. The van der Waals surface area contributed by atoms with Gasteiger partial charge in [-0.15, -0.1) is 16.9 Å². The smallest absolute Gasteiger partial charge is 0.353 e. The molecule has 2 amide bonds. The summed E-state index contributed by atoms with van der Waals surface area (Å²) in [5.74, 6) is -2.14. The first kappa shape index (κ1) is 28.3. The van der Waals surface area contributed by atoms with E-state index in [-0.39, 0.29) is 65.4 Å². The number of carbonyl (C=O) groups is 4. The fraction of sp³-hybridized carbons (Fsp3) is 0.741. The van der Waals surface area contributed by atoms with Crippen molar-refractivity contribution < 1.29 is 24.3 Å². The van der Waals surface area contributed by atoms with E-state index in [0.717, 1.165) is 39.0 Å². The van der Waals surface area contributed by atoms with Crippen molar-refractivity contribution in [2.45, 2.75) is 69.8 Å².